The third-order valence-corrected chi connectivity index (χ3v) is 4.59. The van der Waals surface area contributed by atoms with Crippen LogP contribution in [0.3, 0.4) is 0 Å². The number of carbonyl (C=O) groups excluding carboxylic acids is 1. The smallest absolute Gasteiger partial charge is 0.257 e. The molecule has 112 valence electrons. The minimum absolute atomic E-state index is 0.179. The number of amides is 1. The Morgan fingerprint density at radius 2 is 1.91 bits per heavy atom. The number of benzene rings is 2. The van der Waals surface area contributed by atoms with Gasteiger partial charge in [0.2, 0.25) is 0 Å². The minimum Gasteiger partial charge on any atom is -0.298 e. The van der Waals surface area contributed by atoms with Gasteiger partial charge < -0.3 is 0 Å². The third kappa shape index (κ3) is 2.98. The highest BCUT2D eigenvalue weighted by molar-refractivity contribution is 7.22. The monoisotopic (exact) mass is 330 g/mol. The van der Waals surface area contributed by atoms with Crippen LogP contribution in [0, 0.1) is 0 Å². The quantitative estimate of drug-likeness (QED) is 0.705. The lowest BCUT2D eigenvalue weighted by molar-refractivity contribution is 0.102. The Bertz CT molecular complexity index is 824. The highest BCUT2D eigenvalue weighted by atomic mass is 35.5. The van der Waals surface area contributed by atoms with E-state index >= 15 is 0 Å². The number of nitrogens with one attached hydrogen (secondary N) is 1. The highest BCUT2D eigenvalue weighted by Gasteiger charge is 2.13. The van der Waals surface area contributed by atoms with Gasteiger partial charge in [0.15, 0.2) is 5.13 Å². The van der Waals surface area contributed by atoms with Crippen LogP contribution in [0.2, 0.25) is 5.02 Å². The van der Waals surface area contributed by atoms with E-state index in [0.29, 0.717) is 21.6 Å². The first-order valence-corrected chi connectivity index (χ1v) is 8.20. The van der Waals surface area contributed by atoms with Crippen molar-refractivity contribution >= 4 is 44.2 Å². The van der Waals surface area contributed by atoms with Gasteiger partial charge in [0.05, 0.1) is 10.2 Å². The zero-order valence-electron chi connectivity index (χ0n) is 12.3. The zero-order chi connectivity index (χ0) is 15.7. The maximum absolute atomic E-state index is 12.2. The number of anilines is 1. The molecule has 2 aromatic carbocycles. The average molecular weight is 331 g/mol. The molecule has 5 heteroatoms. The summed E-state index contributed by atoms with van der Waals surface area (Å²) in [6.07, 6.45) is 0. The molecule has 22 heavy (non-hydrogen) atoms. The maximum Gasteiger partial charge on any atom is 0.257 e. The van der Waals surface area contributed by atoms with Gasteiger partial charge in [-0.1, -0.05) is 48.9 Å². The SMILES string of the molecule is CC(C)c1cccc2sc(NC(=O)c3ccc(Cl)cc3)nc12. The lowest BCUT2D eigenvalue weighted by atomic mass is 10.0. The highest BCUT2D eigenvalue weighted by Crippen LogP contribution is 2.31. The molecule has 0 aliphatic carbocycles. The Hall–Kier alpha value is -1.91. The lowest BCUT2D eigenvalue weighted by Gasteiger charge is -2.04. The van der Waals surface area contributed by atoms with E-state index in [4.69, 9.17) is 11.6 Å². The Morgan fingerprint density at radius 1 is 1.18 bits per heavy atom. The number of para-hydroxylation sites is 1. The second kappa shape index (κ2) is 6.07. The van der Waals surface area contributed by atoms with Crippen molar-refractivity contribution in [2.24, 2.45) is 0 Å². The van der Waals surface area contributed by atoms with Crippen LogP contribution in [0.4, 0.5) is 5.13 Å². The molecule has 0 unspecified atom stereocenters. The van der Waals surface area contributed by atoms with E-state index in [1.165, 1.54) is 16.9 Å². The molecule has 0 saturated carbocycles. The molecule has 0 spiro atoms. The van der Waals surface area contributed by atoms with Crippen LogP contribution in [0.15, 0.2) is 42.5 Å². The van der Waals surface area contributed by atoms with Crippen LogP contribution in [0.1, 0.15) is 35.7 Å². The summed E-state index contributed by atoms with van der Waals surface area (Å²) in [5.74, 6) is 0.215. The second-order valence-electron chi connectivity index (χ2n) is 5.33. The fourth-order valence-electron chi connectivity index (χ4n) is 2.26. The Kier molecular flexibility index (Phi) is 4.14. The molecular weight excluding hydrogens is 316 g/mol. The largest absolute Gasteiger partial charge is 0.298 e. The molecule has 0 atom stereocenters. The zero-order valence-corrected chi connectivity index (χ0v) is 13.8. The van der Waals surface area contributed by atoms with E-state index < -0.39 is 0 Å². The molecule has 0 fully saturated rings. The van der Waals surface area contributed by atoms with Crippen LogP contribution in [-0.2, 0) is 0 Å². The Morgan fingerprint density at radius 3 is 2.59 bits per heavy atom. The van der Waals surface area contributed by atoms with Crippen molar-refractivity contribution in [1.29, 1.82) is 0 Å². The molecule has 3 rings (SSSR count). The van der Waals surface area contributed by atoms with Crippen molar-refractivity contribution < 1.29 is 4.79 Å². The van der Waals surface area contributed by atoms with Gasteiger partial charge >= 0.3 is 0 Å². The van der Waals surface area contributed by atoms with E-state index in [1.54, 1.807) is 24.3 Å². The predicted molar refractivity (Wildman–Crippen MR) is 93.1 cm³/mol. The number of nitrogens with zero attached hydrogens (tertiary/aromatic N) is 1. The molecule has 0 bridgehead atoms. The van der Waals surface area contributed by atoms with Gasteiger partial charge in [-0.15, -0.1) is 0 Å². The van der Waals surface area contributed by atoms with Crippen LogP contribution in [-0.4, -0.2) is 10.9 Å². The standard InChI is InChI=1S/C17H15ClN2OS/c1-10(2)13-4-3-5-14-15(13)19-17(22-14)20-16(21)11-6-8-12(18)9-7-11/h3-10H,1-2H3,(H,19,20,21). The summed E-state index contributed by atoms with van der Waals surface area (Å²) in [5.41, 5.74) is 2.72. The number of halogens is 1. The van der Waals surface area contributed by atoms with E-state index in [1.807, 2.05) is 12.1 Å². The van der Waals surface area contributed by atoms with E-state index in [9.17, 15) is 4.79 Å². The van der Waals surface area contributed by atoms with Gasteiger partial charge in [-0.05, 0) is 41.8 Å². The van der Waals surface area contributed by atoms with Crippen LogP contribution < -0.4 is 5.32 Å². The van der Waals surface area contributed by atoms with Crippen molar-refractivity contribution in [3.05, 3.63) is 58.6 Å². The van der Waals surface area contributed by atoms with Gasteiger partial charge in [-0.3, -0.25) is 10.1 Å². The van der Waals surface area contributed by atoms with Crippen molar-refractivity contribution in [3.63, 3.8) is 0 Å². The van der Waals surface area contributed by atoms with Gasteiger partial charge in [0.25, 0.3) is 5.91 Å². The number of hydrogen-bond acceptors (Lipinski definition) is 3. The van der Waals surface area contributed by atoms with E-state index in [0.717, 1.165) is 10.2 Å². The fourth-order valence-corrected chi connectivity index (χ4v) is 3.28. The second-order valence-corrected chi connectivity index (χ2v) is 6.80. The molecule has 0 radical (unpaired) electrons. The van der Waals surface area contributed by atoms with Gasteiger partial charge in [-0.25, -0.2) is 4.98 Å². The van der Waals surface area contributed by atoms with Crippen molar-refractivity contribution in [2.75, 3.05) is 5.32 Å². The van der Waals surface area contributed by atoms with Crippen LogP contribution in [0.5, 0.6) is 0 Å². The van der Waals surface area contributed by atoms with Gasteiger partial charge in [0.1, 0.15) is 0 Å². The molecule has 0 aliphatic rings. The van der Waals surface area contributed by atoms with E-state index in [-0.39, 0.29) is 5.91 Å². The number of hydrogen-bond donors (Lipinski definition) is 1. The summed E-state index contributed by atoms with van der Waals surface area (Å²) < 4.78 is 1.08. The first kappa shape index (κ1) is 15.0. The minimum atomic E-state index is -0.179. The number of thiazole rings is 1. The molecule has 3 nitrogen and oxygen atoms in total. The molecular formula is C17H15ClN2OS. The lowest BCUT2D eigenvalue weighted by Crippen LogP contribution is -2.11. The molecule has 1 N–H and O–H groups in total. The van der Waals surface area contributed by atoms with Crippen LogP contribution in [0.25, 0.3) is 10.2 Å². The Labute approximate surface area is 138 Å². The van der Waals surface area contributed by atoms with Crippen molar-refractivity contribution in [1.82, 2.24) is 4.98 Å². The molecule has 3 aromatic rings. The topological polar surface area (TPSA) is 42.0 Å². The number of rotatable bonds is 3. The maximum atomic E-state index is 12.2. The summed E-state index contributed by atoms with van der Waals surface area (Å²) in [5, 5.41) is 4.08. The predicted octanol–water partition coefficient (Wildman–Crippen LogP) is 5.33. The third-order valence-electron chi connectivity index (χ3n) is 3.40. The summed E-state index contributed by atoms with van der Waals surface area (Å²) >= 11 is 7.32. The summed E-state index contributed by atoms with van der Waals surface area (Å²) in [4.78, 5) is 16.8. The summed E-state index contributed by atoms with van der Waals surface area (Å²) in [6.45, 7) is 4.28. The van der Waals surface area contributed by atoms with Crippen LogP contribution >= 0.6 is 22.9 Å². The Balaban J connectivity index is 1.89. The van der Waals surface area contributed by atoms with Crippen molar-refractivity contribution in [2.45, 2.75) is 19.8 Å². The number of carbonyl (C=O) groups is 1. The molecule has 1 aromatic heterocycles. The van der Waals surface area contributed by atoms with Crippen molar-refractivity contribution in [3.8, 4) is 0 Å². The molecule has 1 amide bonds. The molecule has 0 saturated heterocycles. The van der Waals surface area contributed by atoms with Gasteiger partial charge in [-0.2, -0.15) is 0 Å². The summed E-state index contributed by atoms with van der Waals surface area (Å²) in [6, 6.07) is 12.9. The first-order valence-electron chi connectivity index (χ1n) is 7.01. The van der Waals surface area contributed by atoms with Gasteiger partial charge in [0, 0.05) is 10.6 Å². The summed E-state index contributed by atoms with van der Waals surface area (Å²) in [7, 11) is 0. The molecule has 1 heterocycles. The number of fused-ring (bicyclic) bond motifs is 1. The first-order chi connectivity index (χ1) is 10.5. The number of aromatic nitrogens is 1. The molecule has 0 aliphatic heterocycles. The fraction of sp³-hybridized carbons (Fsp3) is 0.176. The normalized spacial score (nSPS) is 11.1. The average Bonchev–Trinajstić information content (AvgIpc) is 2.89. The van der Waals surface area contributed by atoms with E-state index in [2.05, 4.69) is 30.2 Å².